The van der Waals surface area contributed by atoms with Crippen molar-refractivity contribution < 1.29 is 9.47 Å². The van der Waals surface area contributed by atoms with Gasteiger partial charge >= 0.3 is 0 Å². The van der Waals surface area contributed by atoms with E-state index in [-0.39, 0.29) is 0 Å². The molecule has 5 nitrogen and oxygen atoms in total. The summed E-state index contributed by atoms with van der Waals surface area (Å²) < 4.78 is 13.4. The van der Waals surface area contributed by atoms with Gasteiger partial charge in [-0.15, -0.1) is 0 Å². The second kappa shape index (κ2) is 5.22. The Hall–Kier alpha value is -1.75. The van der Waals surface area contributed by atoms with E-state index in [0.717, 1.165) is 54.8 Å². The summed E-state index contributed by atoms with van der Waals surface area (Å²) in [4.78, 5) is 4.79. The number of aryl methyl sites for hydroxylation is 1. The Bertz CT molecular complexity index is 659. The van der Waals surface area contributed by atoms with Crippen LogP contribution < -0.4 is 14.8 Å². The number of imidazole rings is 1. The lowest BCUT2D eigenvalue weighted by atomic mass is 9.98. The Morgan fingerprint density at radius 3 is 2.76 bits per heavy atom. The molecule has 0 atom stereocenters. The van der Waals surface area contributed by atoms with Gasteiger partial charge in [-0.3, -0.25) is 0 Å². The minimum Gasteiger partial charge on any atom is -0.454 e. The molecule has 0 radical (unpaired) electrons. The second-order valence-corrected chi connectivity index (χ2v) is 5.88. The number of benzene rings is 1. The number of hydrogen-bond donors (Lipinski definition) is 1. The zero-order valence-electron chi connectivity index (χ0n) is 12.4. The normalized spacial score (nSPS) is 18.5. The Balaban J connectivity index is 1.74. The molecule has 0 unspecified atom stereocenters. The van der Waals surface area contributed by atoms with Gasteiger partial charge in [0.15, 0.2) is 11.5 Å². The number of nitrogens with zero attached hydrogens (tertiary/aromatic N) is 2. The minimum atomic E-state index is 0.316. The third-order valence-electron chi connectivity index (χ3n) is 4.54. The average Bonchev–Trinajstić information content (AvgIpc) is 3.10. The van der Waals surface area contributed by atoms with Crippen LogP contribution in [0.2, 0.25) is 0 Å². The summed E-state index contributed by atoms with van der Waals surface area (Å²) in [5.74, 6) is 3.56. The SMILES string of the molecule is CCc1nc2cc3c(cc2n1CC1CCNCC1)OCO3. The molecule has 0 saturated carbocycles. The lowest BCUT2D eigenvalue weighted by Crippen LogP contribution is -2.30. The molecule has 3 heterocycles. The smallest absolute Gasteiger partial charge is 0.231 e. The molecule has 0 amide bonds. The highest BCUT2D eigenvalue weighted by atomic mass is 16.7. The van der Waals surface area contributed by atoms with E-state index in [0.29, 0.717) is 6.79 Å². The second-order valence-electron chi connectivity index (χ2n) is 5.88. The van der Waals surface area contributed by atoms with Gasteiger partial charge < -0.3 is 19.4 Å². The van der Waals surface area contributed by atoms with Gasteiger partial charge in [-0.1, -0.05) is 6.92 Å². The number of piperidine rings is 1. The van der Waals surface area contributed by atoms with Gasteiger partial charge in [0.25, 0.3) is 0 Å². The molecule has 1 aromatic heterocycles. The van der Waals surface area contributed by atoms with Gasteiger partial charge in [0.1, 0.15) is 5.82 Å². The molecule has 0 spiro atoms. The summed E-state index contributed by atoms with van der Waals surface area (Å²) in [5.41, 5.74) is 2.19. The molecule has 2 aromatic rings. The highest BCUT2D eigenvalue weighted by Crippen LogP contribution is 2.36. The third kappa shape index (κ3) is 2.25. The highest BCUT2D eigenvalue weighted by molar-refractivity contribution is 5.81. The van der Waals surface area contributed by atoms with Crippen molar-refractivity contribution in [3.63, 3.8) is 0 Å². The van der Waals surface area contributed by atoms with E-state index in [1.165, 1.54) is 18.4 Å². The molecule has 1 saturated heterocycles. The lowest BCUT2D eigenvalue weighted by molar-refractivity contribution is 0.174. The first-order valence-corrected chi connectivity index (χ1v) is 7.84. The number of nitrogens with one attached hydrogen (secondary N) is 1. The fraction of sp³-hybridized carbons (Fsp3) is 0.562. The van der Waals surface area contributed by atoms with Gasteiger partial charge in [0.2, 0.25) is 6.79 Å². The van der Waals surface area contributed by atoms with Crippen LogP contribution in [0.1, 0.15) is 25.6 Å². The van der Waals surface area contributed by atoms with Crippen LogP contribution >= 0.6 is 0 Å². The Kier molecular flexibility index (Phi) is 3.22. The number of aromatic nitrogens is 2. The van der Waals surface area contributed by atoms with Gasteiger partial charge in [0.05, 0.1) is 11.0 Å². The van der Waals surface area contributed by atoms with Crippen molar-refractivity contribution in [1.29, 1.82) is 0 Å². The van der Waals surface area contributed by atoms with Crippen molar-refractivity contribution in [3.8, 4) is 11.5 Å². The number of hydrogen-bond acceptors (Lipinski definition) is 4. The van der Waals surface area contributed by atoms with Crippen molar-refractivity contribution in [3.05, 3.63) is 18.0 Å². The predicted molar refractivity (Wildman–Crippen MR) is 80.8 cm³/mol. The molecule has 5 heteroatoms. The fourth-order valence-electron chi connectivity index (χ4n) is 3.36. The molecule has 1 aromatic carbocycles. The highest BCUT2D eigenvalue weighted by Gasteiger charge is 2.21. The van der Waals surface area contributed by atoms with Crippen LogP contribution in [0.3, 0.4) is 0 Å². The van der Waals surface area contributed by atoms with E-state index in [1.54, 1.807) is 0 Å². The van der Waals surface area contributed by atoms with E-state index in [4.69, 9.17) is 14.5 Å². The van der Waals surface area contributed by atoms with Crippen molar-refractivity contribution in [2.45, 2.75) is 32.7 Å². The summed E-state index contributed by atoms with van der Waals surface area (Å²) in [7, 11) is 0. The Morgan fingerprint density at radius 1 is 1.24 bits per heavy atom. The van der Waals surface area contributed by atoms with E-state index in [1.807, 2.05) is 6.07 Å². The summed E-state index contributed by atoms with van der Waals surface area (Å²) >= 11 is 0. The quantitative estimate of drug-likeness (QED) is 0.941. The number of fused-ring (bicyclic) bond motifs is 2. The summed E-state index contributed by atoms with van der Waals surface area (Å²) in [5, 5.41) is 3.43. The maximum Gasteiger partial charge on any atom is 0.231 e. The molecule has 2 aliphatic rings. The fourth-order valence-corrected chi connectivity index (χ4v) is 3.36. The van der Waals surface area contributed by atoms with Crippen LogP contribution in [-0.2, 0) is 13.0 Å². The molecule has 0 aliphatic carbocycles. The Morgan fingerprint density at radius 2 is 2.00 bits per heavy atom. The van der Waals surface area contributed by atoms with Gasteiger partial charge in [0, 0.05) is 25.1 Å². The lowest BCUT2D eigenvalue weighted by Gasteiger charge is -2.24. The van der Waals surface area contributed by atoms with Gasteiger partial charge in [-0.2, -0.15) is 0 Å². The van der Waals surface area contributed by atoms with E-state index >= 15 is 0 Å². The third-order valence-corrected chi connectivity index (χ3v) is 4.54. The van der Waals surface area contributed by atoms with Crippen molar-refractivity contribution in [2.24, 2.45) is 5.92 Å². The van der Waals surface area contributed by atoms with Crippen molar-refractivity contribution in [1.82, 2.24) is 14.9 Å². The van der Waals surface area contributed by atoms with Crippen LogP contribution in [0.5, 0.6) is 11.5 Å². The standard InChI is InChI=1S/C16H21N3O2/c1-2-16-18-12-7-14-15(21-10-20-14)8-13(12)19(16)9-11-3-5-17-6-4-11/h7-8,11,17H,2-6,9-10H2,1H3. The van der Waals surface area contributed by atoms with Gasteiger partial charge in [-0.25, -0.2) is 4.98 Å². The first-order valence-electron chi connectivity index (χ1n) is 7.84. The first kappa shape index (κ1) is 13.0. The van der Waals surface area contributed by atoms with Crippen molar-refractivity contribution in [2.75, 3.05) is 19.9 Å². The monoisotopic (exact) mass is 287 g/mol. The average molecular weight is 287 g/mol. The van der Waals surface area contributed by atoms with Crippen molar-refractivity contribution >= 4 is 11.0 Å². The summed E-state index contributed by atoms with van der Waals surface area (Å²) in [6, 6.07) is 4.10. The largest absolute Gasteiger partial charge is 0.454 e. The van der Waals surface area contributed by atoms with Gasteiger partial charge in [-0.05, 0) is 31.8 Å². The molecule has 21 heavy (non-hydrogen) atoms. The predicted octanol–water partition coefficient (Wildman–Crippen LogP) is 2.33. The molecule has 2 aliphatic heterocycles. The van der Waals surface area contributed by atoms with Crippen LogP contribution in [0, 0.1) is 5.92 Å². The number of rotatable bonds is 3. The van der Waals surface area contributed by atoms with E-state index in [9.17, 15) is 0 Å². The number of ether oxygens (including phenoxy) is 2. The zero-order chi connectivity index (χ0) is 14.2. The maximum absolute atomic E-state index is 5.52. The Labute approximate surface area is 124 Å². The first-order chi connectivity index (χ1) is 10.3. The summed E-state index contributed by atoms with van der Waals surface area (Å²) in [6.45, 7) is 5.80. The topological polar surface area (TPSA) is 48.3 Å². The summed E-state index contributed by atoms with van der Waals surface area (Å²) in [6.07, 6.45) is 3.44. The minimum absolute atomic E-state index is 0.316. The molecule has 4 rings (SSSR count). The van der Waals surface area contributed by atoms with Crippen LogP contribution in [-0.4, -0.2) is 29.4 Å². The van der Waals surface area contributed by atoms with E-state index in [2.05, 4.69) is 22.9 Å². The molecule has 112 valence electrons. The molecular formula is C16H21N3O2. The molecular weight excluding hydrogens is 266 g/mol. The molecule has 1 N–H and O–H groups in total. The van der Waals surface area contributed by atoms with Crippen LogP contribution in [0.25, 0.3) is 11.0 Å². The van der Waals surface area contributed by atoms with Crippen LogP contribution in [0.4, 0.5) is 0 Å². The van der Waals surface area contributed by atoms with E-state index < -0.39 is 0 Å². The zero-order valence-corrected chi connectivity index (χ0v) is 12.4. The molecule has 0 bridgehead atoms. The molecule has 1 fully saturated rings. The maximum atomic E-state index is 5.52. The van der Waals surface area contributed by atoms with Crippen LogP contribution in [0.15, 0.2) is 12.1 Å².